The van der Waals surface area contributed by atoms with Gasteiger partial charge in [0.2, 0.25) is 0 Å². The molecule has 6 nitrogen and oxygen atoms in total. The van der Waals surface area contributed by atoms with Gasteiger partial charge < -0.3 is 20.3 Å². The van der Waals surface area contributed by atoms with Crippen molar-refractivity contribution in [3.05, 3.63) is 64.7 Å². The van der Waals surface area contributed by atoms with Crippen LogP contribution in [0, 0.1) is 11.3 Å². The number of fused-ring (bicyclic) bond motifs is 1. The standard InChI is InChI=1S/C27H30ClN5O/c28-20-9-7-19(8-10-20)17-30-27-24(16-29)26(23-5-1-2-6-25(23)32-27)33-13-3-4-22(18-33)31-21-11-14-34-15-12-21/h1-2,5-10,21-22,31H,3-4,11-15,17-18H2,(H,30,32). The number of piperidine rings is 1. The molecule has 2 aliphatic heterocycles. The van der Waals surface area contributed by atoms with E-state index in [1.54, 1.807) is 0 Å². The summed E-state index contributed by atoms with van der Waals surface area (Å²) in [5.74, 6) is 0.630. The van der Waals surface area contributed by atoms with E-state index in [1.165, 1.54) is 0 Å². The van der Waals surface area contributed by atoms with Crippen LogP contribution >= 0.6 is 11.6 Å². The van der Waals surface area contributed by atoms with Crippen molar-refractivity contribution in [1.29, 1.82) is 5.26 Å². The molecule has 0 saturated carbocycles. The van der Waals surface area contributed by atoms with E-state index in [-0.39, 0.29) is 0 Å². The molecule has 2 fully saturated rings. The zero-order valence-electron chi connectivity index (χ0n) is 19.3. The van der Waals surface area contributed by atoms with E-state index < -0.39 is 0 Å². The Morgan fingerprint density at radius 3 is 2.65 bits per heavy atom. The molecule has 176 valence electrons. The topological polar surface area (TPSA) is 73.2 Å². The van der Waals surface area contributed by atoms with Crippen LogP contribution in [0.25, 0.3) is 10.9 Å². The third-order valence-corrected chi connectivity index (χ3v) is 7.03. The second-order valence-electron chi connectivity index (χ2n) is 9.13. The number of ether oxygens (including phenoxy) is 1. The molecular weight excluding hydrogens is 446 g/mol. The van der Waals surface area contributed by atoms with Gasteiger partial charge in [-0.25, -0.2) is 4.98 Å². The van der Waals surface area contributed by atoms with E-state index in [2.05, 4.69) is 27.7 Å². The van der Waals surface area contributed by atoms with Gasteiger partial charge in [-0.2, -0.15) is 5.26 Å². The maximum atomic E-state index is 10.2. The van der Waals surface area contributed by atoms with Crippen LogP contribution in [0.5, 0.6) is 0 Å². The molecule has 7 heteroatoms. The fourth-order valence-electron chi connectivity index (χ4n) is 5.06. The Morgan fingerprint density at radius 1 is 1.06 bits per heavy atom. The molecule has 34 heavy (non-hydrogen) atoms. The van der Waals surface area contributed by atoms with Crippen LogP contribution in [0.3, 0.4) is 0 Å². The smallest absolute Gasteiger partial charge is 0.147 e. The summed E-state index contributed by atoms with van der Waals surface area (Å²) >= 11 is 6.03. The monoisotopic (exact) mass is 475 g/mol. The Bertz CT molecular complexity index is 1170. The Hall–Kier alpha value is -2.85. The summed E-state index contributed by atoms with van der Waals surface area (Å²) in [7, 11) is 0. The van der Waals surface area contributed by atoms with Crippen molar-refractivity contribution in [2.24, 2.45) is 0 Å². The summed E-state index contributed by atoms with van der Waals surface area (Å²) in [5, 5.41) is 19.3. The van der Waals surface area contributed by atoms with Gasteiger partial charge in [0.1, 0.15) is 17.5 Å². The molecule has 2 aromatic carbocycles. The largest absolute Gasteiger partial charge is 0.381 e. The molecular formula is C27H30ClN5O. The summed E-state index contributed by atoms with van der Waals surface area (Å²) < 4.78 is 5.52. The Balaban J connectivity index is 1.44. The molecule has 1 aromatic heterocycles. The summed E-state index contributed by atoms with van der Waals surface area (Å²) in [6.45, 7) is 4.07. The number of nitrogens with one attached hydrogen (secondary N) is 2. The first kappa shape index (κ1) is 22.9. The van der Waals surface area contributed by atoms with Crippen molar-refractivity contribution >= 4 is 34.0 Å². The lowest BCUT2D eigenvalue weighted by molar-refractivity contribution is 0.0742. The molecule has 2 saturated heterocycles. The summed E-state index contributed by atoms with van der Waals surface area (Å²) in [6.07, 6.45) is 4.38. The van der Waals surface area contributed by atoms with Gasteiger partial charge in [0, 0.05) is 55.3 Å². The average molecular weight is 476 g/mol. The number of aromatic nitrogens is 1. The number of nitrogens with zero attached hydrogens (tertiary/aromatic N) is 3. The van der Waals surface area contributed by atoms with Crippen LogP contribution in [0.15, 0.2) is 48.5 Å². The van der Waals surface area contributed by atoms with E-state index in [1.807, 2.05) is 42.5 Å². The molecule has 2 N–H and O–H groups in total. The minimum Gasteiger partial charge on any atom is -0.381 e. The number of para-hydroxylation sites is 1. The van der Waals surface area contributed by atoms with Gasteiger partial charge in [-0.15, -0.1) is 0 Å². The van der Waals surface area contributed by atoms with Gasteiger partial charge in [0.25, 0.3) is 0 Å². The highest BCUT2D eigenvalue weighted by molar-refractivity contribution is 6.30. The molecule has 0 amide bonds. The Morgan fingerprint density at radius 2 is 1.85 bits per heavy atom. The number of hydrogen-bond donors (Lipinski definition) is 2. The zero-order valence-corrected chi connectivity index (χ0v) is 20.0. The van der Waals surface area contributed by atoms with Crippen molar-refractivity contribution in [2.45, 2.75) is 44.3 Å². The summed E-state index contributed by atoms with van der Waals surface area (Å²) in [5.41, 5.74) is 3.59. The molecule has 0 spiro atoms. The molecule has 1 unspecified atom stereocenters. The first-order valence-electron chi connectivity index (χ1n) is 12.1. The van der Waals surface area contributed by atoms with Crippen molar-refractivity contribution in [3.63, 3.8) is 0 Å². The number of rotatable bonds is 6. The highest BCUT2D eigenvalue weighted by Gasteiger charge is 2.27. The van der Waals surface area contributed by atoms with E-state index in [0.29, 0.717) is 35.0 Å². The predicted molar refractivity (Wildman–Crippen MR) is 137 cm³/mol. The minimum absolute atomic E-state index is 0.404. The molecule has 1 atom stereocenters. The third-order valence-electron chi connectivity index (χ3n) is 6.78. The number of nitriles is 1. The van der Waals surface area contributed by atoms with E-state index in [4.69, 9.17) is 21.3 Å². The summed E-state index contributed by atoms with van der Waals surface area (Å²) in [6, 6.07) is 19.2. The molecule has 0 radical (unpaired) electrons. The second-order valence-corrected chi connectivity index (χ2v) is 9.57. The Labute approximate surface area is 205 Å². The van der Waals surface area contributed by atoms with Crippen molar-refractivity contribution < 1.29 is 4.74 Å². The lowest BCUT2D eigenvalue weighted by atomic mass is 9.99. The molecule has 2 aliphatic rings. The van der Waals surface area contributed by atoms with E-state index in [0.717, 1.165) is 74.1 Å². The van der Waals surface area contributed by atoms with Crippen LogP contribution in [-0.4, -0.2) is 43.4 Å². The van der Waals surface area contributed by atoms with Gasteiger partial charge in [-0.05, 0) is 49.4 Å². The highest BCUT2D eigenvalue weighted by Crippen LogP contribution is 2.35. The lowest BCUT2D eigenvalue weighted by Gasteiger charge is -2.38. The van der Waals surface area contributed by atoms with Crippen LogP contribution in [0.1, 0.15) is 36.8 Å². The van der Waals surface area contributed by atoms with Gasteiger partial charge in [-0.1, -0.05) is 41.9 Å². The van der Waals surface area contributed by atoms with Crippen LogP contribution in [-0.2, 0) is 11.3 Å². The summed E-state index contributed by atoms with van der Waals surface area (Å²) in [4.78, 5) is 7.22. The average Bonchev–Trinajstić information content (AvgIpc) is 2.88. The lowest BCUT2D eigenvalue weighted by Crippen LogP contribution is -2.50. The number of halogens is 1. The van der Waals surface area contributed by atoms with Crippen molar-refractivity contribution in [1.82, 2.24) is 10.3 Å². The first-order valence-corrected chi connectivity index (χ1v) is 12.5. The zero-order chi connectivity index (χ0) is 23.3. The fraction of sp³-hybridized carbons (Fsp3) is 0.407. The maximum Gasteiger partial charge on any atom is 0.147 e. The first-order chi connectivity index (χ1) is 16.7. The van der Waals surface area contributed by atoms with Crippen LogP contribution in [0.4, 0.5) is 11.5 Å². The fourth-order valence-corrected chi connectivity index (χ4v) is 5.18. The number of hydrogen-bond acceptors (Lipinski definition) is 6. The van der Waals surface area contributed by atoms with Crippen molar-refractivity contribution in [2.75, 3.05) is 36.5 Å². The molecule has 5 rings (SSSR count). The molecule has 0 aliphatic carbocycles. The highest BCUT2D eigenvalue weighted by atomic mass is 35.5. The van der Waals surface area contributed by atoms with Crippen LogP contribution in [0.2, 0.25) is 5.02 Å². The molecule has 3 aromatic rings. The number of anilines is 2. The number of pyridine rings is 1. The maximum absolute atomic E-state index is 10.2. The normalized spacial score (nSPS) is 19.2. The van der Waals surface area contributed by atoms with Crippen molar-refractivity contribution in [3.8, 4) is 6.07 Å². The second kappa shape index (κ2) is 10.6. The quantitative estimate of drug-likeness (QED) is 0.516. The van der Waals surface area contributed by atoms with Gasteiger partial charge >= 0.3 is 0 Å². The van der Waals surface area contributed by atoms with E-state index >= 15 is 0 Å². The minimum atomic E-state index is 0.404. The van der Waals surface area contributed by atoms with Crippen LogP contribution < -0.4 is 15.5 Å². The Kier molecular flexibility index (Phi) is 7.15. The third kappa shape index (κ3) is 5.12. The van der Waals surface area contributed by atoms with Gasteiger partial charge in [0.15, 0.2) is 0 Å². The molecule has 0 bridgehead atoms. The molecule has 3 heterocycles. The van der Waals surface area contributed by atoms with Gasteiger partial charge in [-0.3, -0.25) is 0 Å². The SMILES string of the molecule is N#Cc1c(NCc2ccc(Cl)cc2)nc2ccccc2c1N1CCCC(NC2CCOCC2)C1. The predicted octanol–water partition coefficient (Wildman–Crippen LogP) is 5.11. The number of benzene rings is 2. The van der Waals surface area contributed by atoms with E-state index in [9.17, 15) is 5.26 Å². The van der Waals surface area contributed by atoms with Gasteiger partial charge in [0.05, 0.1) is 11.2 Å².